The molecule has 1 fully saturated rings. The lowest BCUT2D eigenvalue weighted by atomic mass is 10.0. The summed E-state index contributed by atoms with van der Waals surface area (Å²) in [7, 11) is 0. The number of halogens is 3. The number of para-hydroxylation sites is 2. The van der Waals surface area contributed by atoms with E-state index in [1.165, 1.54) is 24.5 Å². The Morgan fingerprint density at radius 3 is 2.49 bits per heavy atom. The molecular formula is C32H32F3N9O. The molecule has 10 nitrogen and oxygen atoms in total. The zero-order valence-corrected chi connectivity index (χ0v) is 24.8. The molecule has 0 unspecified atom stereocenters. The van der Waals surface area contributed by atoms with Gasteiger partial charge in [0.15, 0.2) is 0 Å². The minimum atomic E-state index is -4.73. The van der Waals surface area contributed by atoms with E-state index in [9.17, 15) is 18.0 Å². The van der Waals surface area contributed by atoms with Gasteiger partial charge in [-0.25, -0.2) is 15.0 Å². The average molecular weight is 616 g/mol. The number of nitrogens with two attached hydrogens (primary N) is 1. The Bertz CT molecular complexity index is 1860. The van der Waals surface area contributed by atoms with Crippen LogP contribution >= 0.6 is 0 Å². The van der Waals surface area contributed by atoms with Crippen molar-refractivity contribution in [2.24, 2.45) is 0 Å². The Balaban J connectivity index is 1.31. The zero-order valence-electron chi connectivity index (χ0n) is 24.8. The minimum Gasteiger partial charge on any atom is -0.384 e. The average Bonchev–Trinajstić information content (AvgIpc) is 3.39. The Morgan fingerprint density at radius 2 is 1.76 bits per heavy atom. The number of aryl methyl sites for hydroxylation is 1. The number of alkyl halides is 3. The summed E-state index contributed by atoms with van der Waals surface area (Å²) in [6.07, 6.45) is -3.37. The number of rotatable bonds is 7. The van der Waals surface area contributed by atoms with E-state index in [1.54, 1.807) is 33.7 Å². The number of nitrogens with one attached hydrogen (secondary N) is 2. The van der Waals surface area contributed by atoms with E-state index in [2.05, 4.69) is 25.5 Å². The molecule has 0 radical (unpaired) electrons. The highest BCUT2D eigenvalue weighted by molar-refractivity contribution is 6.06. The number of amides is 1. The minimum absolute atomic E-state index is 0.0152. The van der Waals surface area contributed by atoms with Crippen LogP contribution in [0.15, 0.2) is 73.1 Å². The van der Waals surface area contributed by atoms with E-state index in [-0.39, 0.29) is 11.5 Å². The van der Waals surface area contributed by atoms with E-state index < -0.39 is 23.2 Å². The number of likely N-dealkylation sites (N-methyl/N-ethyl adjacent to an activating group) is 1. The number of nitrogens with zero attached hydrogens (tertiary/aromatic N) is 6. The van der Waals surface area contributed by atoms with Gasteiger partial charge < -0.3 is 26.2 Å². The lowest BCUT2D eigenvalue weighted by molar-refractivity contribution is -0.137. The molecule has 0 spiro atoms. The third-order valence-corrected chi connectivity index (χ3v) is 7.94. The van der Waals surface area contributed by atoms with Gasteiger partial charge in [0, 0.05) is 49.3 Å². The van der Waals surface area contributed by atoms with Gasteiger partial charge in [-0.2, -0.15) is 13.2 Å². The van der Waals surface area contributed by atoms with Gasteiger partial charge in [0.05, 0.1) is 22.2 Å². The molecule has 0 bridgehead atoms. The standard InChI is InChI=1S/C32H32F3N9O/c1-3-42-13-15-43(16-14-42)26-10-6-7-22(29(26)32(33,34)35)30(45)39-21-12-11-20(2)24(17-21)41-31-40-23-8-4-5-9-25(23)44(31)28-18-27(36)37-19-38-28/h4-12,17-19H,3,13-16H2,1-2H3,(H,39,45)(H,40,41)(H2,36,37,38). The van der Waals surface area contributed by atoms with Crippen LogP contribution in [0, 0.1) is 6.92 Å². The number of fused-ring (bicyclic) bond motifs is 1. The highest BCUT2D eigenvalue weighted by Crippen LogP contribution is 2.40. The van der Waals surface area contributed by atoms with Gasteiger partial charge in [0.2, 0.25) is 5.95 Å². The number of anilines is 5. The van der Waals surface area contributed by atoms with Crippen LogP contribution in [-0.2, 0) is 6.18 Å². The largest absolute Gasteiger partial charge is 0.419 e. The summed E-state index contributed by atoms with van der Waals surface area (Å²) in [4.78, 5) is 30.4. The second-order valence-electron chi connectivity index (χ2n) is 10.8. The maximum absolute atomic E-state index is 14.5. The van der Waals surface area contributed by atoms with Crippen LogP contribution in [0.25, 0.3) is 16.9 Å². The molecule has 3 heterocycles. The molecule has 5 aromatic rings. The van der Waals surface area contributed by atoms with Crippen LogP contribution in [0.4, 0.5) is 42.0 Å². The number of hydrogen-bond donors (Lipinski definition) is 3. The first-order valence-electron chi connectivity index (χ1n) is 14.5. The zero-order chi connectivity index (χ0) is 31.7. The lowest BCUT2D eigenvalue weighted by Crippen LogP contribution is -2.46. The molecular weight excluding hydrogens is 583 g/mol. The molecule has 3 aromatic carbocycles. The van der Waals surface area contributed by atoms with Crippen molar-refractivity contribution < 1.29 is 18.0 Å². The maximum Gasteiger partial charge on any atom is 0.419 e. The van der Waals surface area contributed by atoms with Gasteiger partial charge in [0.1, 0.15) is 18.0 Å². The Hall–Kier alpha value is -5.17. The molecule has 1 saturated heterocycles. The number of benzene rings is 3. The van der Waals surface area contributed by atoms with Gasteiger partial charge in [-0.05, 0) is 55.4 Å². The van der Waals surface area contributed by atoms with Gasteiger partial charge in [-0.1, -0.05) is 31.2 Å². The molecule has 6 rings (SSSR count). The van der Waals surface area contributed by atoms with Crippen molar-refractivity contribution in [1.29, 1.82) is 0 Å². The molecule has 0 atom stereocenters. The van der Waals surface area contributed by atoms with E-state index in [0.29, 0.717) is 54.8 Å². The molecule has 45 heavy (non-hydrogen) atoms. The quantitative estimate of drug-likeness (QED) is 0.208. The van der Waals surface area contributed by atoms with Crippen LogP contribution in [-0.4, -0.2) is 63.0 Å². The summed E-state index contributed by atoms with van der Waals surface area (Å²) in [5.74, 6) is 0.359. The summed E-state index contributed by atoms with van der Waals surface area (Å²) in [6.45, 7) is 6.93. The third-order valence-electron chi connectivity index (χ3n) is 7.94. The summed E-state index contributed by atoms with van der Waals surface area (Å²) < 4.78 is 45.3. The van der Waals surface area contributed by atoms with Gasteiger partial charge in [0.25, 0.3) is 5.91 Å². The first-order valence-corrected chi connectivity index (χ1v) is 14.5. The van der Waals surface area contributed by atoms with Crippen LogP contribution in [0.3, 0.4) is 0 Å². The van der Waals surface area contributed by atoms with Gasteiger partial charge >= 0.3 is 6.18 Å². The lowest BCUT2D eigenvalue weighted by Gasteiger charge is -2.37. The van der Waals surface area contributed by atoms with E-state index in [1.807, 2.05) is 38.1 Å². The molecule has 0 saturated carbocycles. The number of imidazole rings is 1. The Labute approximate surface area is 257 Å². The second kappa shape index (κ2) is 12.1. The first kappa shape index (κ1) is 29.9. The third kappa shape index (κ3) is 6.11. The number of carbonyl (C=O) groups excluding carboxylic acids is 1. The fraction of sp³-hybridized carbons (Fsp3) is 0.250. The topological polar surface area (TPSA) is 117 Å². The monoisotopic (exact) mass is 615 g/mol. The van der Waals surface area contributed by atoms with E-state index >= 15 is 0 Å². The van der Waals surface area contributed by atoms with Crippen LogP contribution in [0.5, 0.6) is 0 Å². The predicted octanol–water partition coefficient (Wildman–Crippen LogP) is 5.86. The molecule has 4 N–H and O–H groups in total. The summed E-state index contributed by atoms with van der Waals surface area (Å²) in [6, 6.07) is 18.4. The molecule has 0 aliphatic carbocycles. The molecule has 2 aromatic heterocycles. The van der Waals surface area contributed by atoms with Crippen molar-refractivity contribution in [2.75, 3.05) is 54.0 Å². The van der Waals surface area contributed by atoms with Crippen molar-refractivity contribution in [3.63, 3.8) is 0 Å². The number of hydrogen-bond acceptors (Lipinski definition) is 8. The molecule has 1 aliphatic rings. The van der Waals surface area contributed by atoms with Gasteiger partial charge in [-0.3, -0.25) is 9.36 Å². The number of aromatic nitrogens is 4. The number of piperazine rings is 1. The number of nitrogen functional groups attached to an aromatic ring is 1. The fourth-order valence-electron chi connectivity index (χ4n) is 5.57. The molecule has 1 aliphatic heterocycles. The maximum atomic E-state index is 14.5. The second-order valence-corrected chi connectivity index (χ2v) is 10.8. The Morgan fingerprint density at radius 1 is 0.978 bits per heavy atom. The Kier molecular flexibility index (Phi) is 8.02. The molecule has 13 heteroatoms. The summed E-state index contributed by atoms with van der Waals surface area (Å²) in [5, 5.41) is 5.99. The highest BCUT2D eigenvalue weighted by Gasteiger charge is 2.39. The van der Waals surface area contributed by atoms with E-state index in [4.69, 9.17) is 10.7 Å². The first-order chi connectivity index (χ1) is 21.6. The van der Waals surface area contributed by atoms with Crippen molar-refractivity contribution in [3.05, 3.63) is 89.7 Å². The summed E-state index contributed by atoms with van der Waals surface area (Å²) in [5.41, 5.74) is 7.78. The normalized spacial score (nSPS) is 14.1. The number of carbonyl (C=O) groups is 1. The van der Waals surface area contributed by atoms with Crippen LogP contribution in [0.1, 0.15) is 28.4 Å². The van der Waals surface area contributed by atoms with Crippen molar-refractivity contribution in [2.45, 2.75) is 20.0 Å². The summed E-state index contributed by atoms with van der Waals surface area (Å²) >= 11 is 0. The molecule has 232 valence electrons. The van der Waals surface area contributed by atoms with Crippen LogP contribution < -0.4 is 21.3 Å². The highest BCUT2D eigenvalue weighted by atomic mass is 19.4. The van der Waals surface area contributed by atoms with Crippen molar-refractivity contribution in [1.82, 2.24) is 24.4 Å². The molecule has 1 amide bonds. The smallest absolute Gasteiger partial charge is 0.384 e. The van der Waals surface area contributed by atoms with Gasteiger partial charge in [-0.15, -0.1) is 0 Å². The van der Waals surface area contributed by atoms with Crippen molar-refractivity contribution in [3.8, 4) is 5.82 Å². The van der Waals surface area contributed by atoms with Crippen LogP contribution in [0.2, 0.25) is 0 Å². The predicted molar refractivity (Wildman–Crippen MR) is 169 cm³/mol. The van der Waals surface area contributed by atoms with Crippen molar-refractivity contribution >= 4 is 45.8 Å². The van der Waals surface area contributed by atoms with E-state index in [0.717, 1.165) is 17.6 Å². The fourth-order valence-corrected chi connectivity index (χ4v) is 5.57. The SMILES string of the molecule is CCN1CCN(c2cccc(C(=O)Nc3ccc(C)c(Nc4nc5ccccc5n4-c4cc(N)ncn4)c3)c2C(F)(F)F)CC1.